The van der Waals surface area contributed by atoms with E-state index < -0.39 is 10.7 Å². The summed E-state index contributed by atoms with van der Waals surface area (Å²) in [6.45, 7) is 2.07. The van der Waals surface area contributed by atoms with Crippen LogP contribution in [0.15, 0.2) is 29.3 Å². The van der Waals surface area contributed by atoms with Gasteiger partial charge in [0.2, 0.25) is 0 Å². The van der Waals surface area contributed by atoms with Crippen LogP contribution in [0.5, 0.6) is 0 Å². The fourth-order valence-electron chi connectivity index (χ4n) is 2.97. The van der Waals surface area contributed by atoms with Crippen molar-refractivity contribution in [1.82, 2.24) is 14.7 Å². The molecule has 1 aromatic heterocycles. The Balaban J connectivity index is 2.11. The molecule has 0 aliphatic heterocycles. The largest absolute Gasteiger partial charge is 0.438 e. The highest BCUT2D eigenvalue weighted by atomic mass is 35.5. The molecule has 1 fully saturated rings. The predicted octanol–water partition coefficient (Wildman–Crippen LogP) is 2.95. The second-order valence-electron chi connectivity index (χ2n) is 6.02. The van der Waals surface area contributed by atoms with Gasteiger partial charge in [0.25, 0.3) is 5.49 Å². The number of benzene rings is 1. The zero-order valence-corrected chi connectivity index (χ0v) is 13.9. The van der Waals surface area contributed by atoms with E-state index in [0.29, 0.717) is 21.5 Å². The summed E-state index contributed by atoms with van der Waals surface area (Å²) in [4.78, 5) is 16.8. The maximum Gasteiger partial charge on any atom is 0.438 e. The van der Waals surface area contributed by atoms with Gasteiger partial charge in [-0.05, 0) is 52.7 Å². The van der Waals surface area contributed by atoms with Gasteiger partial charge < -0.3 is 15.3 Å². The molecular formula is C15H18ClN5O3. The van der Waals surface area contributed by atoms with Crippen LogP contribution in [0, 0.1) is 16.0 Å². The lowest BCUT2D eigenvalue weighted by atomic mass is 9.86. The van der Waals surface area contributed by atoms with Crippen LogP contribution in [0.1, 0.15) is 32.6 Å². The predicted molar refractivity (Wildman–Crippen MR) is 87.4 cm³/mol. The first kappa shape index (κ1) is 16.5. The van der Waals surface area contributed by atoms with Crippen molar-refractivity contribution in [1.29, 1.82) is 0 Å². The summed E-state index contributed by atoms with van der Waals surface area (Å²) in [5.74, 6) is -0.151. The Morgan fingerprint density at radius 3 is 2.62 bits per heavy atom. The van der Waals surface area contributed by atoms with Gasteiger partial charge in [-0.25, -0.2) is 0 Å². The molecule has 1 saturated carbocycles. The van der Waals surface area contributed by atoms with Crippen LogP contribution < -0.4 is 5.49 Å². The van der Waals surface area contributed by atoms with Crippen molar-refractivity contribution in [2.24, 2.45) is 10.9 Å². The van der Waals surface area contributed by atoms with E-state index in [-0.39, 0.29) is 11.5 Å². The monoisotopic (exact) mass is 351 g/mol. The number of nitrogens with zero attached hydrogens (tertiary/aromatic N) is 5. The first-order chi connectivity index (χ1) is 11.5. The lowest BCUT2D eigenvalue weighted by Crippen LogP contribution is -2.28. The standard InChI is InChI=1S/C15H18ClN5O3/c1-10-4-2-3-5-13(10)17-14-15(21(23)24)18-19(20(14)22)12-8-6-11(16)7-9-12/h6-10,13,22H,2-5H2,1H3/t10-,13-/m1/s1. The minimum atomic E-state index is -0.633. The Morgan fingerprint density at radius 1 is 1.33 bits per heavy atom. The maximum absolute atomic E-state index is 11.3. The third-order valence-electron chi connectivity index (χ3n) is 4.34. The molecule has 1 N–H and O–H groups in total. The van der Waals surface area contributed by atoms with Crippen LogP contribution in [0.4, 0.5) is 5.82 Å². The Kier molecular flexibility index (Phi) is 4.57. The maximum atomic E-state index is 11.3. The van der Waals surface area contributed by atoms with Crippen LogP contribution >= 0.6 is 11.6 Å². The summed E-state index contributed by atoms with van der Waals surface area (Å²) < 4.78 is 0. The fraction of sp³-hybridized carbons (Fsp3) is 0.467. The molecule has 24 heavy (non-hydrogen) atoms. The Hall–Kier alpha value is -2.35. The van der Waals surface area contributed by atoms with Crippen molar-refractivity contribution < 1.29 is 10.1 Å². The lowest BCUT2D eigenvalue weighted by molar-refractivity contribution is -0.391. The molecule has 128 valence electrons. The summed E-state index contributed by atoms with van der Waals surface area (Å²) >= 11 is 5.84. The van der Waals surface area contributed by atoms with Crippen LogP contribution in [0.25, 0.3) is 5.69 Å². The molecule has 1 aromatic carbocycles. The van der Waals surface area contributed by atoms with Crippen molar-refractivity contribution in [3.8, 4) is 5.69 Å². The van der Waals surface area contributed by atoms with Gasteiger partial charge in [0.05, 0.1) is 11.1 Å². The molecular weight excluding hydrogens is 334 g/mol. The van der Waals surface area contributed by atoms with Crippen LogP contribution in [0.3, 0.4) is 0 Å². The lowest BCUT2D eigenvalue weighted by Gasteiger charge is -2.24. The smallest absolute Gasteiger partial charge is 0.409 e. The quantitative estimate of drug-likeness (QED) is 0.522. The highest BCUT2D eigenvalue weighted by Crippen LogP contribution is 2.26. The van der Waals surface area contributed by atoms with Crippen LogP contribution in [-0.4, -0.2) is 30.9 Å². The SMILES string of the molecule is C[C@@H]1CCCC[C@H]1N=c1c([N+](=O)[O-])nn(-c2ccc(Cl)cc2)n1O. The molecule has 8 nitrogen and oxygen atoms in total. The highest BCUT2D eigenvalue weighted by Gasteiger charge is 2.27. The van der Waals surface area contributed by atoms with Crippen molar-refractivity contribution in [2.75, 3.05) is 0 Å². The van der Waals surface area contributed by atoms with Gasteiger partial charge in [-0.3, -0.25) is 4.99 Å². The van der Waals surface area contributed by atoms with Gasteiger partial charge in [0.1, 0.15) is 5.69 Å². The molecule has 2 aromatic rings. The van der Waals surface area contributed by atoms with Gasteiger partial charge >= 0.3 is 5.82 Å². The zero-order chi connectivity index (χ0) is 17.3. The molecule has 1 aliphatic carbocycles. The topological polar surface area (TPSA) is 98.5 Å². The second kappa shape index (κ2) is 6.64. The van der Waals surface area contributed by atoms with Crippen LogP contribution in [0.2, 0.25) is 5.02 Å². The molecule has 1 heterocycles. The molecule has 0 radical (unpaired) electrons. The summed E-state index contributed by atoms with van der Waals surface area (Å²) in [7, 11) is 0. The summed E-state index contributed by atoms with van der Waals surface area (Å²) in [5, 5.41) is 26.1. The minimum absolute atomic E-state index is 0.0567. The van der Waals surface area contributed by atoms with E-state index in [1.807, 2.05) is 0 Å². The molecule has 0 saturated heterocycles. The molecule has 0 amide bonds. The average molecular weight is 352 g/mol. The number of hydrogen-bond acceptors (Lipinski definition) is 5. The highest BCUT2D eigenvalue weighted by molar-refractivity contribution is 6.30. The molecule has 2 atom stereocenters. The molecule has 0 unspecified atom stereocenters. The normalized spacial score (nSPS) is 21.8. The van der Waals surface area contributed by atoms with E-state index in [4.69, 9.17) is 11.6 Å². The van der Waals surface area contributed by atoms with Crippen molar-refractivity contribution in [2.45, 2.75) is 38.6 Å². The zero-order valence-electron chi connectivity index (χ0n) is 13.2. The number of rotatable bonds is 3. The second-order valence-corrected chi connectivity index (χ2v) is 6.45. The third-order valence-corrected chi connectivity index (χ3v) is 4.60. The molecule has 9 heteroatoms. The third kappa shape index (κ3) is 3.14. The van der Waals surface area contributed by atoms with E-state index in [9.17, 15) is 15.3 Å². The van der Waals surface area contributed by atoms with Crippen molar-refractivity contribution >= 4 is 17.4 Å². The van der Waals surface area contributed by atoms with E-state index in [0.717, 1.165) is 30.5 Å². The summed E-state index contributed by atoms with van der Waals surface area (Å²) in [6.07, 6.45) is 4.05. The first-order valence-electron chi connectivity index (χ1n) is 7.83. The Morgan fingerprint density at radius 2 is 2.00 bits per heavy atom. The van der Waals surface area contributed by atoms with Gasteiger partial charge in [0, 0.05) is 5.02 Å². The van der Waals surface area contributed by atoms with Gasteiger partial charge in [0.15, 0.2) is 0 Å². The van der Waals surface area contributed by atoms with Crippen molar-refractivity contribution in [3.63, 3.8) is 0 Å². The molecule has 3 rings (SSSR count). The number of nitro groups is 1. The Labute approximate surface area is 143 Å². The molecule has 0 bridgehead atoms. The van der Waals surface area contributed by atoms with E-state index in [1.165, 1.54) is 0 Å². The fourth-order valence-corrected chi connectivity index (χ4v) is 3.10. The molecule has 1 aliphatic rings. The van der Waals surface area contributed by atoms with Gasteiger partial charge in [-0.1, -0.05) is 36.2 Å². The summed E-state index contributed by atoms with van der Waals surface area (Å²) in [6, 6.07) is 6.39. The number of aromatic nitrogens is 3. The average Bonchev–Trinajstić information content (AvgIpc) is 2.88. The Bertz CT molecular complexity index is 812. The van der Waals surface area contributed by atoms with Gasteiger partial charge in [-0.15, -0.1) is 0 Å². The number of hydrogen-bond donors (Lipinski definition) is 1. The van der Waals surface area contributed by atoms with Gasteiger partial charge in [-0.2, -0.15) is 0 Å². The van der Waals surface area contributed by atoms with Crippen LogP contribution in [-0.2, 0) is 0 Å². The summed E-state index contributed by atoms with van der Waals surface area (Å²) in [5.41, 5.74) is 0.317. The molecule has 0 spiro atoms. The number of halogens is 1. The first-order valence-corrected chi connectivity index (χ1v) is 8.21. The van der Waals surface area contributed by atoms with E-state index >= 15 is 0 Å². The minimum Gasteiger partial charge on any atom is -0.409 e. The van der Waals surface area contributed by atoms with Crippen molar-refractivity contribution in [3.05, 3.63) is 44.9 Å². The van der Waals surface area contributed by atoms with E-state index in [2.05, 4.69) is 17.0 Å². The van der Waals surface area contributed by atoms with E-state index in [1.54, 1.807) is 24.3 Å².